The van der Waals surface area contributed by atoms with E-state index in [1.807, 2.05) is 11.8 Å². The van der Waals surface area contributed by atoms with E-state index in [1.54, 1.807) is 0 Å². The van der Waals surface area contributed by atoms with E-state index in [4.69, 9.17) is 0 Å². The first-order valence-corrected chi connectivity index (χ1v) is 8.49. The highest BCUT2D eigenvalue weighted by Crippen LogP contribution is 2.28. The summed E-state index contributed by atoms with van der Waals surface area (Å²) in [7, 11) is 0. The van der Waals surface area contributed by atoms with Crippen molar-refractivity contribution in [3.05, 3.63) is 0 Å². The van der Waals surface area contributed by atoms with Crippen molar-refractivity contribution in [3.8, 4) is 0 Å². The summed E-state index contributed by atoms with van der Waals surface area (Å²) in [5.41, 5.74) is 0. The van der Waals surface area contributed by atoms with Gasteiger partial charge < -0.3 is 10.6 Å². The first-order chi connectivity index (χ1) is 8.79. The molecule has 3 nitrogen and oxygen atoms in total. The Balaban J connectivity index is 0.00000180. The van der Waals surface area contributed by atoms with Crippen molar-refractivity contribution in [3.63, 3.8) is 0 Å². The van der Waals surface area contributed by atoms with Crippen LogP contribution in [0.2, 0.25) is 0 Å². The number of halogens is 1. The van der Waals surface area contributed by atoms with Gasteiger partial charge in [0.25, 0.3) is 0 Å². The second-order valence-electron chi connectivity index (χ2n) is 5.45. The Morgan fingerprint density at radius 3 is 2.74 bits per heavy atom. The average molecular weight is 307 g/mol. The minimum Gasteiger partial charge on any atom is -0.352 e. The van der Waals surface area contributed by atoms with Crippen molar-refractivity contribution in [2.45, 2.75) is 69.2 Å². The quantitative estimate of drug-likeness (QED) is 0.820. The van der Waals surface area contributed by atoms with Crippen LogP contribution in [0.5, 0.6) is 0 Å². The van der Waals surface area contributed by atoms with E-state index in [-0.39, 0.29) is 18.3 Å². The van der Waals surface area contributed by atoms with Gasteiger partial charge >= 0.3 is 0 Å². The molecule has 1 aliphatic heterocycles. The Morgan fingerprint density at radius 2 is 2.05 bits per heavy atom. The topological polar surface area (TPSA) is 41.1 Å². The number of rotatable bonds is 5. The number of hydrogen-bond donors (Lipinski definition) is 2. The van der Waals surface area contributed by atoms with Gasteiger partial charge in [0.05, 0.1) is 0 Å². The van der Waals surface area contributed by atoms with E-state index >= 15 is 0 Å². The molecule has 1 aliphatic carbocycles. The van der Waals surface area contributed by atoms with Crippen molar-refractivity contribution >= 4 is 30.1 Å². The number of hydrogen-bond acceptors (Lipinski definition) is 3. The van der Waals surface area contributed by atoms with Gasteiger partial charge in [0.15, 0.2) is 0 Å². The molecule has 0 spiro atoms. The summed E-state index contributed by atoms with van der Waals surface area (Å²) in [6.45, 7) is 3.29. The van der Waals surface area contributed by atoms with Crippen LogP contribution in [0, 0.1) is 0 Å². The maximum absolute atomic E-state index is 12.1. The van der Waals surface area contributed by atoms with E-state index < -0.39 is 0 Å². The van der Waals surface area contributed by atoms with Gasteiger partial charge in [-0.1, -0.05) is 19.8 Å². The highest BCUT2D eigenvalue weighted by molar-refractivity contribution is 7.99. The van der Waals surface area contributed by atoms with Crippen LogP contribution < -0.4 is 10.6 Å². The van der Waals surface area contributed by atoms with Gasteiger partial charge in [-0.25, -0.2) is 0 Å². The normalized spacial score (nSPS) is 30.7. The first-order valence-electron chi connectivity index (χ1n) is 7.44. The Bertz CT molecular complexity index is 270. The minimum absolute atomic E-state index is 0. The molecule has 0 radical (unpaired) electrons. The minimum atomic E-state index is 0. The molecule has 0 aromatic carbocycles. The van der Waals surface area contributed by atoms with Gasteiger partial charge in [-0.3, -0.25) is 4.79 Å². The Hall–Kier alpha value is 0.0700. The fourth-order valence-electron chi connectivity index (χ4n) is 3.10. The summed E-state index contributed by atoms with van der Waals surface area (Å²) in [5, 5.41) is 7.32. The molecule has 1 saturated carbocycles. The SMILES string of the molecule is CCSC1CCCCC1NC(=O)CC1CCCN1.Cl. The standard InChI is InChI=1S/C14H26N2OS.ClH/c1-2-18-13-8-4-3-7-12(13)16-14(17)10-11-6-5-9-15-11;/h11-13,15H,2-10H2,1H3,(H,16,17);1H. The summed E-state index contributed by atoms with van der Waals surface area (Å²) in [5.74, 6) is 1.41. The molecule has 3 unspecified atom stereocenters. The lowest BCUT2D eigenvalue weighted by molar-refractivity contribution is -0.122. The van der Waals surface area contributed by atoms with Crippen LogP contribution in [0.15, 0.2) is 0 Å². The zero-order chi connectivity index (χ0) is 12.8. The molecule has 3 atom stereocenters. The van der Waals surface area contributed by atoms with Crippen LogP contribution in [0.3, 0.4) is 0 Å². The van der Waals surface area contributed by atoms with Gasteiger partial charge in [-0.15, -0.1) is 12.4 Å². The monoisotopic (exact) mass is 306 g/mol. The molecule has 1 saturated heterocycles. The van der Waals surface area contributed by atoms with Gasteiger partial charge in [-0.05, 0) is 38.0 Å². The number of carbonyl (C=O) groups excluding carboxylic acids is 1. The fourth-order valence-corrected chi connectivity index (χ4v) is 4.29. The van der Waals surface area contributed by atoms with Crippen molar-refractivity contribution in [2.75, 3.05) is 12.3 Å². The van der Waals surface area contributed by atoms with Gasteiger partial charge in [0, 0.05) is 23.8 Å². The number of carbonyl (C=O) groups is 1. The van der Waals surface area contributed by atoms with E-state index in [0.717, 1.165) is 18.7 Å². The average Bonchev–Trinajstić information content (AvgIpc) is 2.84. The lowest BCUT2D eigenvalue weighted by Crippen LogP contribution is -2.45. The summed E-state index contributed by atoms with van der Waals surface area (Å²) in [4.78, 5) is 12.1. The molecule has 0 aromatic heterocycles. The zero-order valence-electron chi connectivity index (χ0n) is 11.8. The Labute approximate surface area is 127 Å². The van der Waals surface area contributed by atoms with E-state index in [2.05, 4.69) is 17.6 Å². The smallest absolute Gasteiger partial charge is 0.221 e. The van der Waals surface area contributed by atoms with Gasteiger partial charge in [0.1, 0.15) is 0 Å². The molecule has 2 rings (SSSR count). The molecular weight excluding hydrogens is 280 g/mol. The van der Waals surface area contributed by atoms with Crippen LogP contribution in [0.25, 0.3) is 0 Å². The molecule has 112 valence electrons. The van der Waals surface area contributed by atoms with Crippen molar-refractivity contribution in [1.29, 1.82) is 0 Å². The third-order valence-corrected chi connectivity index (χ3v) is 5.35. The Morgan fingerprint density at radius 1 is 1.26 bits per heavy atom. The third-order valence-electron chi connectivity index (χ3n) is 4.02. The molecule has 2 fully saturated rings. The second-order valence-corrected chi connectivity index (χ2v) is 6.97. The van der Waals surface area contributed by atoms with Crippen LogP contribution in [0.4, 0.5) is 0 Å². The molecule has 2 aliphatic rings. The number of thioether (sulfide) groups is 1. The highest BCUT2D eigenvalue weighted by atomic mass is 35.5. The number of nitrogens with one attached hydrogen (secondary N) is 2. The van der Waals surface area contributed by atoms with Crippen molar-refractivity contribution < 1.29 is 4.79 Å². The molecule has 1 heterocycles. The first kappa shape index (κ1) is 17.1. The molecule has 19 heavy (non-hydrogen) atoms. The van der Waals surface area contributed by atoms with Crippen LogP contribution >= 0.6 is 24.2 Å². The molecule has 1 amide bonds. The molecular formula is C14H27ClN2OS. The maximum Gasteiger partial charge on any atom is 0.221 e. The van der Waals surface area contributed by atoms with E-state index in [0.29, 0.717) is 23.8 Å². The Kier molecular flexibility index (Phi) is 8.19. The van der Waals surface area contributed by atoms with Gasteiger partial charge in [0.2, 0.25) is 5.91 Å². The maximum atomic E-state index is 12.1. The lowest BCUT2D eigenvalue weighted by Gasteiger charge is -2.31. The zero-order valence-corrected chi connectivity index (χ0v) is 13.5. The predicted molar refractivity (Wildman–Crippen MR) is 85.2 cm³/mol. The summed E-state index contributed by atoms with van der Waals surface area (Å²) in [6, 6.07) is 0.837. The van der Waals surface area contributed by atoms with Crippen molar-refractivity contribution in [2.24, 2.45) is 0 Å². The van der Waals surface area contributed by atoms with Crippen LogP contribution in [-0.2, 0) is 4.79 Å². The fraction of sp³-hybridized carbons (Fsp3) is 0.929. The van der Waals surface area contributed by atoms with Gasteiger partial charge in [-0.2, -0.15) is 11.8 Å². The predicted octanol–water partition coefficient (Wildman–Crippen LogP) is 2.73. The van der Waals surface area contributed by atoms with Crippen molar-refractivity contribution in [1.82, 2.24) is 10.6 Å². The van der Waals surface area contributed by atoms with E-state index in [9.17, 15) is 4.79 Å². The van der Waals surface area contributed by atoms with Crippen LogP contribution in [0.1, 0.15) is 51.9 Å². The second kappa shape index (κ2) is 9.09. The largest absolute Gasteiger partial charge is 0.352 e. The summed E-state index contributed by atoms with van der Waals surface area (Å²) in [6.07, 6.45) is 8.08. The molecule has 5 heteroatoms. The molecule has 2 N–H and O–H groups in total. The highest BCUT2D eigenvalue weighted by Gasteiger charge is 2.27. The molecule has 0 aromatic rings. The lowest BCUT2D eigenvalue weighted by atomic mass is 9.94. The number of amides is 1. The summed E-state index contributed by atoms with van der Waals surface area (Å²) >= 11 is 2.01. The summed E-state index contributed by atoms with van der Waals surface area (Å²) < 4.78 is 0. The van der Waals surface area contributed by atoms with E-state index in [1.165, 1.54) is 32.1 Å². The van der Waals surface area contributed by atoms with Crippen LogP contribution in [-0.4, -0.2) is 35.5 Å². The third kappa shape index (κ3) is 5.52. The molecule has 0 bridgehead atoms.